The topological polar surface area (TPSA) is 54.2 Å². The minimum atomic E-state index is -4.40. The quantitative estimate of drug-likeness (QED) is 0.663. The molecule has 2 heterocycles. The molecule has 0 aromatic carbocycles. The molecule has 0 saturated carbocycles. The second kappa shape index (κ2) is 5.87. The lowest BCUT2D eigenvalue weighted by molar-refractivity contribution is -0.137. The molecule has 1 fully saturated rings. The smallest absolute Gasteiger partial charge is 0.356 e. The lowest BCUT2D eigenvalue weighted by atomic mass is 9.95. The Balaban J connectivity index is 2.30. The van der Waals surface area contributed by atoms with E-state index in [0.29, 0.717) is 11.7 Å². The van der Waals surface area contributed by atoms with Crippen LogP contribution in [0.15, 0.2) is 12.1 Å². The number of nitrogen functional groups attached to an aromatic ring is 1. The van der Waals surface area contributed by atoms with Gasteiger partial charge in [-0.25, -0.2) is 10.8 Å². The van der Waals surface area contributed by atoms with Gasteiger partial charge in [-0.05, 0) is 30.9 Å². The number of anilines is 2. The average Bonchev–Trinajstić information content (AvgIpc) is 2.46. The molecule has 1 saturated heterocycles. The van der Waals surface area contributed by atoms with Crippen LogP contribution < -0.4 is 16.2 Å². The molecule has 1 aliphatic heterocycles. The van der Waals surface area contributed by atoms with Gasteiger partial charge >= 0.3 is 6.18 Å². The first kappa shape index (κ1) is 14.9. The van der Waals surface area contributed by atoms with Gasteiger partial charge in [-0.1, -0.05) is 13.3 Å². The summed E-state index contributed by atoms with van der Waals surface area (Å²) in [6, 6.07) is 2.02. The number of aromatic nitrogens is 1. The summed E-state index contributed by atoms with van der Waals surface area (Å²) in [6.07, 6.45) is -1.28. The number of nitrogens with zero attached hydrogens (tertiary/aromatic N) is 2. The van der Waals surface area contributed by atoms with E-state index in [1.54, 1.807) is 0 Å². The van der Waals surface area contributed by atoms with Crippen molar-refractivity contribution in [1.29, 1.82) is 0 Å². The van der Waals surface area contributed by atoms with Gasteiger partial charge in [0.25, 0.3) is 0 Å². The van der Waals surface area contributed by atoms with Gasteiger partial charge in [-0.15, -0.1) is 0 Å². The van der Waals surface area contributed by atoms with Crippen molar-refractivity contribution < 1.29 is 13.2 Å². The molecule has 2 rings (SSSR count). The maximum atomic E-state index is 12.9. The largest absolute Gasteiger partial charge is 0.416 e. The molecule has 1 unspecified atom stereocenters. The van der Waals surface area contributed by atoms with E-state index in [-0.39, 0.29) is 5.82 Å². The van der Waals surface area contributed by atoms with E-state index in [0.717, 1.165) is 44.5 Å². The SMILES string of the molecule is CCC1CCCN(c2cc(C(F)(F)F)cc(NN)n2)C1. The highest BCUT2D eigenvalue weighted by molar-refractivity contribution is 5.51. The molecule has 3 N–H and O–H groups in total. The molecule has 1 aromatic rings. The fourth-order valence-corrected chi connectivity index (χ4v) is 2.52. The summed E-state index contributed by atoms with van der Waals surface area (Å²) < 4.78 is 38.6. The number of pyridine rings is 1. The van der Waals surface area contributed by atoms with Crippen LogP contribution in [0.3, 0.4) is 0 Å². The molecule has 1 aromatic heterocycles. The minimum Gasteiger partial charge on any atom is -0.356 e. The Morgan fingerprint density at radius 2 is 2.20 bits per heavy atom. The molecule has 0 radical (unpaired) electrons. The molecule has 1 aliphatic rings. The Morgan fingerprint density at radius 3 is 2.80 bits per heavy atom. The summed E-state index contributed by atoms with van der Waals surface area (Å²) in [5.41, 5.74) is 1.48. The average molecular weight is 288 g/mol. The van der Waals surface area contributed by atoms with E-state index < -0.39 is 11.7 Å². The molecular weight excluding hydrogens is 269 g/mol. The molecule has 112 valence electrons. The van der Waals surface area contributed by atoms with Crippen LogP contribution in [0.25, 0.3) is 0 Å². The predicted octanol–water partition coefficient (Wildman–Crippen LogP) is 3.01. The van der Waals surface area contributed by atoms with Gasteiger partial charge in [-0.3, -0.25) is 0 Å². The fraction of sp³-hybridized carbons (Fsp3) is 0.615. The standard InChI is InChI=1S/C13H19F3N4/c1-2-9-4-3-5-20(8-9)12-7-10(13(14,15)16)6-11(18-12)19-17/h6-7,9H,2-5,8,17H2,1H3,(H,18,19). The van der Waals surface area contributed by atoms with Crippen molar-refractivity contribution in [2.24, 2.45) is 11.8 Å². The van der Waals surface area contributed by atoms with Crippen LogP contribution in [-0.2, 0) is 6.18 Å². The Bertz CT molecular complexity index is 461. The zero-order chi connectivity index (χ0) is 14.8. The van der Waals surface area contributed by atoms with Gasteiger partial charge in [0, 0.05) is 13.1 Å². The molecule has 0 spiro atoms. The van der Waals surface area contributed by atoms with E-state index in [1.165, 1.54) is 0 Å². The molecular formula is C13H19F3N4. The van der Waals surface area contributed by atoms with Crippen LogP contribution in [0.2, 0.25) is 0 Å². The zero-order valence-electron chi connectivity index (χ0n) is 11.4. The van der Waals surface area contributed by atoms with Crippen LogP contribution in [0.4, 0.5) is 24.8 Å². The zero-order valence-corrected chi connectivity index (χ0v) is 11.4. The maximum Gasteiger partial charge on any atom is 0.416 e. The number of hydrogen-bond acceptors (Lipinski definition) is 4. The first-order valence-corrected chi connectivity index (χ1v) is 6.75. The Kier molecular flexibility index (Phi) is 4.37. The van der Waals surface area contributed by atoms with E-state index in [1.807, 2.05) is 4.90 Å². The van der Waals surface area contributed by atoms with Gasteiger partial charge in [0.1, 0.15) is 11.6 Å². The van der Waals surface area contributed by atoms with Crippen molar-refractivity contribution in [3.8, 4) is 0 Å². The van der Waals surface area contributed by atoms with Crippen LogP contribution in [0.5, 0.6) is 0 Å². The number of rotatable bonds is 3. The summed E-state index contributed by atoms with van der Waals surface area (Å²) in [5.74, 6) is 6.10. The van der Waals surface area contributed by atoms with Crippen molar-refractivity contribution in [1.82, 2.24) is 4.98 Å². The summed E-state index contributed by atoms with van der Waals surface area (Å²) in [7, 11) is 0. The molecule has 0 aliphatic carbocycles. The Morgan fingerprint density at radius 1 is 1.45 bits per heavy atom. The number of hydrazine groups is 1. The van der Waals surface area contributed by atoms with E-state index in [2.05, 4.69) is 17.3 Å². The first-order valence-electron chi connectivity index (χ1n) is 6.75. The van der Waals surface area contributed by atoms with Gasteiger partial charge < -0.3 is 10.3 Å². The van der Waals surface area contributed by atoms with E-state index in [9.17, 15) is 13.2 Å². The highest BCUT2D eigenvalue weighted by Gasteiger charge is 2.32. The third-order valence-corrected chi connectivity index (χ3v) is 3.71. The van der Waals surface area contributed by atoms with Crippen molar-refractivity contribution in [3.63, 3.8) is 0 Å². The molecule has 7 heteroatoms. The van der Waals surface area contributed by atoms with Crippen molar-refractivity contribution in [2.45, 2.75) is 32.4 Å². The highest BCUT2D eigenvalue weighted by Crippen LogP contribution is 2.33. The lowest BCUT2D eigenvalue weighted by Crippen LogP contribution is -2.36. The summed E-state index contributed by atoms with van der Waals surface area (Å²) >= 11 is 0. The van der Waals surface area contributed by atoms with Gasteiger partial charge in [0.15, 0.2) is 0 Å². The number of hydrogen-bond donors (Lipinski definition) is 2. The summed E-state index contributed by atoms with van der Waals surface area (Å²) in [6.45, 7) is 3.57. The summed E-state index contributed by atoms with van der Waals surface area (Å²) in [4.78, 5) is 6.06. The van der Waals surface area contributed by atoms with Crippen LogP contribution in [-0.4, -0.2) is 18.1 Å². The number of nitrogens with one attached hydrogen (secondary N) is 1. The second-order valence-electron chi connectivity index (χ2n) is 5.10. The third-order valence-electron chi connectivity index (χ3n) is 3.71. The maximum absolute atomic E-state index is 12.9. The van der Waals surface area contributed by atoms with Crippen molar-refractivity contribution in [3.05, 3.63) is 17.7 Å². The predicted molar refractivity (Wildman–Crippen MR) is 72.3 cm³/mol. The van der Waals surface area contributed by atoms with Crippen LogP contribution >= 0.6 is 0 Å². The van der Waals surface area contributed by atoms with Crippen molar-refractivity contribution >= 4 is 11.6 Å². The van der Waals surface area contributed by atoms with Crippen LogP contribution in [0.1, 0.15) is 31.7 Å². The molecule has 0 bridgehead atoms. The lowest BCUT2D eigenvalue weighted by Gasteiger charge is -2.33. The summed E-state index contributed by atoms with van der Waals surface area (Å²) in [5, 5.41) is 0. The molecule has 4 nitrogen and oxygen atoms in total. The van der Waals surface area contributed by atoms with Crippen molar-refractivity contribution in [2.75, 3.05) is 23.4 Å². The minimum absolute atomic E-state index is 0.0356. The third kappa shape index (κ3) is 3.33. The fourth-order valence-electron chi connectivity index (χ4n) is 2.52. The number of halogens is 3. The number of piperidine rings is 1. The monoisotopic (exact) mass is 288 g/mol. The molecule has 1 atom stereocenters. The normalized spacial score (nSPS) is 20.1. The Labute approximate surface area is 116 Å². The van der Waals surface area contributed by atoms with E-state index >= 15 is 0 Å². The highest BCUT2D eigenvalue weighted by atomic mass is 19.4. The Hall–Kier alpha value is -1.50. The molecule has 20 heavy (non-hydrogen) atoms. The van der Waals surface area contributed by atoms with E-state index in [4.69, 9.17) is 5.84 Å². The van der Waals surface area contributed by atoms with Gasteiger partial charge in [0.05, 0.1) is 5.56 Å². The number of nitrogens with two attached hydrogens (primary N) is 1. The first-order chi connectivity index (χ1) is 9.44. The second-order valence-corrected chi connectivity index (χ2v) is 5.10. The van der Waals surface area contributed by atoms with Gasteiger partial charge in [0.2, 0.25) is 0 Å². The number of alkyl halides is 3. The molecule has 0 amide bonds. The van der Waals surface area contributed by atoms with Gasteiger partial charge in [-0.2, -0.15) is 13.2 Å². The van der Waals surface area contributed by atoms with Crippen LogP contribution in [0, 0.1) is 5.92 Å².